The van der Waals surface area contributed by atoms with Crippen LogP contribution in [-0.2, 0) is 20.9 Å². The molecule has 0 radical (unpaired) electrons. The second-order valence-corrected chi connectivity index (χ2v) is 7.94. The zero-order chi connectivity index (χ0) is 21.5. The Kier molecular flexibility index (Phi) is 7.22. The van der Waals surface area contributed by atoms with Crippen LogP contribution in [0.15, 0.2) is 47.1 Å². The smallest absolute Gasteiger partial charge is 0.237 e. The van der Waals surface area contributed by atoms with Crippen molar-refractivity contribution in [1.29, 1.82) is 0 Å². The number of nitrogens with zero attached hydrogens (tertiary/aromatic N) is 2. The van der Waals surface area contributed by atoms with Crippen LogP contribution in [0.25, 0.3) is 0 Å². The van der Waals surface area contributed by atoms with E-state index in [1.807, 2.05) is 30.3 Å². The number of morpholine rings is 1. The Morgan fingerprint density at radius 3 is 2.61 bits per heavy atom. The number of anilines is 2. The second-order valence-electron chi connectivity index (χ2n) is 7.94. The van der Waals surface area contributed by atoms with Crippen molar-refractivity contribution < 1.29 is 18.7 Å². The minimum absolute atomic E-state index is 0.00647. The van der Waals surface area contributed by atoms with E-state index >= 15 is 0 Å². The molecule has 0 saturated carbocycles. The molecule has 2 fully saturated rings. The van der Waals surface area contributed by atoms with Gasteiger partial charge >= 0.3 is 0 Å². The van der Waals surface area contributed by atoms with Crippen molar-refractivity contribution in [1.82, 2.24) is 10.2 Å². The molecule has 1 aromatic heterocycles. The lowest BCUT2D eigenvalue weighted by Crippen LogP contribution is -2.43. The number of carbonyl (C=O) groups excluding carboxylic acids is 2. The third kappa shape index (κ3) is 5.86. The standard InChI is InChI=1S/C23H30N4O4/c28-22(25-18-5-7-19(8-6-18)26-12-15-30-16-13-26)9-11-27-10-1-4-21(27)23(29)24-17-20-3-2-14-31-20/h2-3,5-8,14,21H,1,4,9-13,15-17H2,(H,24,29)(H,25,28). The molecule has 3 heterocycles. The van der Waals surface area contributed by atoms with Crippen LogP contribution in [0.2, 0.25) is 0 Å². The number of amides is 2. The Hall–Kier alpha value is -2.84. The fraction of sp³-hybridized carbons (Fsp3) is 0.478. The Labute approximate surface area is 182 Å². The van der Waals surface area contributed by atoms with Crippen molar-refractivity contribution in [2.75, 3.05) is 49.6 Å². The molecule has 0 bridgehead atoms. The lowest BCUT2D eigenvalue weighted by atomic mass is 10.2. The van der Waals surface area contributed by atoms with E-state index in [1.165, 1.54) is 0 Å². The number of benzene rings is 1. The van der Waals surface area contributed by atoms with Crippen LogP contribution >= 0.6 is 0 Å². The zero-order valence-electron chi connectivity index (χ0n) is 17.7. The maximum Gasteiger partial charge on any atom is 0.237 e. The second kappa shape index (κ2) is 10.5. The van der Waals surface area contributed by atoms with Gasteiger partial charge in [0, 0.05) is 37.4 Å². The molecule has 2 aromatic rings. The van der Waals surface area contributed by atoms with Gasteiger partial charge in [0.1, 0.15) is 5.76 Å². The van der Waals surface area contributed by atoms with Gasteiger partial charge in [-0.2, -0.15) is 0 Å². The van der Waals surface area contributed by atoms with E-state index in [1.54, 1.807) is 12.3 Å². The summed E-state index contributed by atoms with van der Waals surface area (Å²) < 4.78 is 10.6. The summed E-state index contributed by atoms with van der Waals surface area (Å²) in [4.78, 5) is 29.4. The number of likely N-dealkylation sites (tertiary alicyclic amines) is 1. The molecule has 2 saturated heterocycles. The first-order valence-electron chi connectivity index (χ1n) is 11.0. The molecule has 0 spiro atoms. The van der Waals surface area contributed by atoms with Gasteiger partial charge < -0.3 is 24.7 Å². The SMILES string of the molecule is O=C(CCN1CCCC1C(=O)NCc1ccco1)Nc1ccc(N2CCOCC2)cc1. The van der Waals surface area contributed by atoms with Crippen molar-refractivity contribution in [3.05, 3.63) is 48.4 Å². The molecule has 1 unspecified atom stereocenters. The third-order valence-corrected chi connectivity index (χ3v) is 5.84. The molecule has 2 aliphatic heterocycles. The Bertz CT molecular complexity index is 847. The largest absolute Gasteiger partial charge is 0.467 e. The van der Waals surface area contributed by atoms with Crippen LogP contribution in [0, 0.1) is 0 Å². The minimum Gasteiger partial charge on any atom is -0.467 e. The lowest BCUT2D eigenvalue weighted by molar-refractivity contribution is -0.126. The normalized spacial score (nSPS) is 19.4. The van der Waals surface area contributed by atoms with E-state index in [2.05, 4.69) is 20.4 Å². The van der Waals surface area contributed by atoms with E-state index in [-0.39, 0.29) is 17.9 Å². The monoisotopic (exact) mass is 426 g/mol. The number of ether oxygens (including phenoxy) is 1. The summed E-state index contributed by atoms with van der Waals surface area (Å²) in [5, 5.41) is 5.89. The molecule has 8 nitrogen and oxygen atoms in total. The fourth-order valence-electron chi connectivity index (χ4n) is 4.14. The quantitative estimate of drug-likeness (QED) is 0.673. The van der Waals surface area contributed by atoms with Gasteiger partial charge in [0.25, 0.3) is 0 Å². The molecule has 4 rings (SSSR count). The number of rotatable bonds is 8. The van der Waals surface area contributed by atoms with Gasteiger partial charge in [-0.15, -0.1) is 0 Å². The highest BCUT2D eigenvalue weighted by atomic mass is 16.5. The molecule has 2 amide bonds. The molecule has 2 N–H and O–H groups in total. The first kappa shape index (κ1) is 21.4. The highest BCUT2D eigenvalue weighted by Crippen LogP contribution is 2.20. The van der Waals surface area contributed by atoms with Gasteiger partial charge in [0.05, 0.1) is 32.1 Å². The highest BCUT2D eigenvalue weighted by molar-refractivity contribution is 5.91. The van der Waals surface area contributed by atoms with E-state index in [4.69, 9.17) is 9.15 Å². The van der Waals surface area contributed by atoms with Gasteiger partial charge in [0.2, 0.25) is 11.8 Å². The predicted octanol–water partition coefficient (Wildman–Crippen LogP) is 2.23. The summed E-state index contributed by atoms with van der Waals surface area (Å²) >= 11 is 0. The maximum absolute atomic E-state index is 12.5. The number of hydrogen-bond donors (Lipinski definition) is 2. The van der Waals surface area contributed by atoms with Crippen LogP contribution in [0.4, 0.5) is 11.4 Å². The Morgan fingerprint density at radius 1 is 1.06 bits per heavy atom. The van der Waals surface area contributed by atoms with Gasteiger partial charge in [0.15, 0.2) is 0 Å². The first-order valence-corrected chi connectivity index (χ1v) is 11.0. The van der Waals surface area contributed by atoms with Crippen LogP contribution in [-0.4, -0.2) is 62.1 Å². The zero-order valence-corrected chi connectivity index (χ0v) is 17.7. The first-order chi connectivity index (χ1) is 15.2. The summed E-state index contributed by atoms with van der Waals surface area (Å²) in [5.41, 5.74) is 1.93. The summed E-state index contributed by atoms with van der Waals surface area (Å²) in [7, 11) is 0. The van der Waals surface area contributed by atoms with E-state index in [0.29, 0.717) is 19.5 Å². The summed E-state index contributed by atoms with van der Waals surface area (Å²) in [6.07, 6.45) is 3.73. The van der Waals surface area contributed by atoms with E-state index in [0.717, 1.165) is 62.8 Å². The Balaban J connectivity index is 1.21. The van der Waals surface area contributed by atoms with Crippen LogP contribution in [0.5, 0.6) is 0 Å². The number of nitrogens with one attached hydrogen (secondary N) is 2. The summed E-state index contributed by atoms with van der Waals surface area (Å²) in [5.74, 6) is 0.686. The number of furan rings is 1. The molecular weight excluding hydrogens is 396 g/mol. The van der Waals surface area contributed by atoms with Crippen molar-refractivity contribution >= 4 is 23.2 Å². The van der Waals surface area contributed by atoms with Crippen molar-refractivity contribution in [3.8, 4) is 0 Å². The predicted molar refractivity (Wildman–Crippen MR) is 118 cm³/mol. The molecule has 31 heavy (non-hydrogen) atoms. The highest BCUT2D eigenvalue weighted by Gasteiger charge is 2.30. The summed E-state index contributed by atoms with van der Waals surface area (Å²) in [6.45, 7) is 5.05. The average molecular weight is 427 g/mol. The van der Waals surface area contributed by atoms with Crippen molar-refractivity contribution in [3.63, 3.8) is 0 Å². The summed E-state index contributed by atoms with van der Waals surface area (Å²) in [6, 6.07) is 11.4. The van der Waals surface area contributed by atoms with E-state index < -0.39 is 0 Å². The molecule has 8 heteroatoms. The number of hydrogen-bond acceptors (Lipinski definition) is 6. The topological polar surface area (TPSA) is 87.0 Å². The molecule has 0 aliphatic carbocycles. The van der Waals surface area contributed by atoms with Gasteiger partial charge in [-0.05, 0) is 55.8 Å². The molecular formula is C23H30N4O4. The van der Waals surface area contributed by atoms with E-state index in [9.17, 15) is 9.59 Å². The van der Waals surface area contributed by atoms with Crippen LogP contribution in [0.1, 0.15) is 25.0 Å². The maximum atomic E-state index is 12.5. The lowest BCUT2D eigenvalue weighted by Gasteiger charge is -2.28. The average Bonchev–Trinajstić information content (AvgIpc) is 3.49. The molecule has 1 atom stereocenters. The third-order valence-electron chi connectivity index (χ3n) is 5.84. The minimum atomic E-state index is -0.185. The molecule has 166 valence electrons. The fourth-order valence-corrected chi connectivity index (χ4v) is 4.14. The van der Waals surface area contributed by atoms with Crippen molar-refractivity contribution in [2.24, 2.45) is 0 Å². The molecule has 1 aromatic carbocycles. The number of carbonyl (C=O) groups is 2. The van der Waals surface area contributed by atoms with Gasteiger partial charge in [-0.25, -0.2) is 0 Å². The molecule has 2 aliphatic rings. The van der Waals surface area contributed by atoms with Crippen LogP contribution < -0.4 is 15.5 Å². The van der Waals surface area contributed by atoms with Gasteiger partial charge in [-0.1, -0.05) is 0 Å². The van der Waals surface area contributed by atoms with Gasteiger partial charge in [-0.3, -0.25) is 14.5 Å². The Morgan fingerprint density at radius 2 is 1.87 bits per heavy atom. The van der Waals surface area contributed by atoms with Crippen LogP contribution in [0.3, 0.4) is 0 Å². The van der Waals surface area contributed by atoms with Crippen molar-refractivity contribution in [2.45, 2.75) is 31.8 Å².